The Morgan fingerprint density at radius 3 is 2.64 bits per heavy atom. The number of carbonyl (C=O) groups is 1. The van der Waals surface area contributed by atoms with Gasteiger partial charge in [-0.15, -0.1) is 5.10 Å². The van der Waals surface area contributed by atoms with Crippen LogP contribution in [0.1, 0.15) is 12.5 Å². The van der Waals surface area contributed by atoms with Gasteiger partial charge in [0, 0.05) is 12.3 Å². The molecule has 78 valence electrons. The highest BCUT2D eigenvalue weighted by molar-refractivity contribution is 5.67. The zero-order chi connectivity index (χ0) is 10.7. The number of hydrogen-bond donors (Lipinski definition) is 1. The van der Waals surface area contributed by atoms with E-state index in [9.17, 15) is 18.0 Å². The molecule has 0 aliphatic heterocycles. The van der Waals surface area contributed by atoms with E-state index in [0.29, 0.717) is 4.68 Å². The smallest absolute Gasteiger partial charge is 0.305 e. The van der Waals surface area contributed by atoms with Crippen LogP contribution in [0.5, 0.6) is 0 Å². The highest BCUT2D eigenvalue weighted by Gasteiger charge is 2.26. The summed E-state index contributed by atoms with van der Waals surface area (Å²) in [6.45, 7) is 0. The van der Waals surface area contributed by atoms with Gasteiger partial charge < -0.3 is 5.11 Å². The van der Waals surface area contributed by atoms with Crippen molar-refractivity contribution in [3.63, 3.8) is 0 Å². The lowest BCUT2D eigenvalue weighted by Crippen LogP contribution is -2.21. The number of nitrogens with zero attached hydrogens (tertiary/aromatic N) is 2. The molecule has 0 aliphatic carbocycles. The number of hydrogen-bond acceptors (Lipinski definition) is 2. The number of carboxylic acid groups (broad SMARTS) is 1. The fourth-order valence-electron chi connectivity index (χ4n) is 0.977. The molecule has 0 unspecified atom stereocenters. The first-order valence-electron chi connectivity index (χ1n) is 3.71. The predicted octanol–water partition coefficient (Wildman–Crippen LogP) is 1.30. The summed E-state index contributed by atoms with van der Waals surface area (Å²) in [6, 6.07) is -0.742. The van der Waals surface area contributed by atoms with Crippen LogP contribution in [0.4, 0.5) is 13.2 Å². The molecule has 0 fully saturated rings. The van der Waals surface area contributed by atoms with Crippen molar-refractivity contribution >= 4 is 5.97 Å². The number of carboxylic acids is 1. The Balaban J connectivity index is 2.82. The van der Waals surface area contributed by atoms with Crippen LogP contribution in [0.15, 0.2) is 12.3 Å². The largest absolute Gasteiger partial charge is 0.481 e. The normalized spacial score (nSPS) is 13.1. The second-order valence-corrected chi connectivity index (χ2v) is 2.62. The molecule has 1 rings (SSSR count). The van der Waals surface area contributed by atoms with E-state index in [2.05, 4.69) is 5.10 Å². The van der Waals surface area contributed by atoms with Crippen molar-refractivity contribution in [2.75, 3.05) is 0 Å². The number of alkyl halides is 2. The van der Waals surface area contributed by atoms with Crippen molar-refractivity contribution in [1.82, 2.24) is 9.78 Å². The van der Waals surface area contributed by atoms with Crippen LogP contribution in [-0.2, 0) is 4.79 Å². The van der Waals surface area contributed by atoms with Gasteiger partial charge in [-0.05, 0) is 0 Å². The molecule has 4 nitrogen and oxygen atoms in total. The standard InChI is InChI=1S/C7H7F3N2O2/c8-5-1-2-12(11-5)4(7(9)10)3-6(13)14/h1-2,4,7H,3H2,(H,13,14)/t4-/m0/s1. The molecule has 1 aromatic heterocycles. The molecule has 0 radical (unpaired) electrons. The molecular formula is C7H7F3N2O2. The Morgan fingerprint density at radius 2 is 2.29 bits per heavy atom. The Kier molecular flexibility index (Phi) is 3.10. The molecule has 0 spiro atoms. The highest BCUT2D eigenvalue weighted by Crippen LogP contribution is 2.19. The minimum Gasteiger partial charge on any atom is -0.481 e. The van der Waals surface area contributed by atoms with Gasteiger partial charge in [0.25, 0.3) is 6.43 Å². The summed E-state index contributed by atoms with van der Waals surface area (Å²) < 4.78 is 37.6. The summed E-state index contributed by atoms with van der Waals surface area (Å²) in [4.78, 5) is 10.2. The van der Waals surface area contributed by atoms with Gasteiger partial charge in [-0.25, -0.2) is 8.78 Å². The van der Waals surface area contributed by atoms with Crippen molar-refractivity contribution in [1.29, 1.82) is 0 Å². The molecule has 0 saturated carbocycles. The summed E-state index contributed by atoms with van der Waals surface area (Å²) in [6.07, 6.45) is -2.71. The Bertz CT molecular complexity index is 326. The van der Waals surface area contributed by atoms with Crippen LogP contribution in [0, 0.1) is 5.95 Å². The topological polar surface area (TPSA) is 55.1 Å². The SMILES string of the molecule is O=C(O)C[C@@H](C(F)F)n1ccc(F)n1. The van der Waals surface area contributed by atoms with Gasteiger partial charge >= 0.3 is 5.97 Å². The van der Waals surface area contributed by atoms with E-state index in [0.717, 1.165) is 12.3 Å². The van der Waals surface area contributed by atoms with Gasteiger partial charge in [0.1, 0.15) is 6.04 Å². The van der Waals surface area contributed by atoms with Crippen LogP contribution in [-0.4, -0.2) is 27.3 Å². The Morgan fingerprint density at radius 1 is 1.64 bits per heavy atom. The lowest BCUT2D eigenvalue weighted by Gasteiger charge is -2.13. The van der Waals surface area contributed by atoms with E-state index in [1.165, 1.54) is 0 Å². The van der Waals surface area contributed by atoms with E-state index < -0.39 is 30.8 Å². The monoisotopic (exact) mass is 208 g/mol. The predicted molar refractivity (Wildman–Crippen MR) is 39.5 cm³/mol. The van der Waals surface area contributed by atoms with Crippen LogP contribution in [0.25, 0.3) is 0 Å². The zero-order valence-corrected chi connectivity index (χ0v) is 6.90. The van der Waals surface area contributed by atoms with Gasteiger partial charge in [0.05, 0.1) is 6.42 Å². The number of aromatic nitrogens is 2. The summed E-state index contributed by atoms with van der Waals surface area (Å²) in [5.41, 5.74) is 0. The molecule has 1 heterocycles. The van der Waals surface area contributed by atoms with E-state index in [-0.39, 0.29) is 0 Å². The van der Waals surface area contributed by atoms with E-state index in [1.807, 2.05) is 0 Å². The number of halogens is 3. The minimum absolute atomic E-state index is 0.619. The average molecular weight is 208 g/mol. The lowest BCUT2D eigenvalue weighted by atomic mass is 10.2. The quantitative estimate of drug-likeness (QED) is 0.811. The maximum Gasteiger partial charge on any atom is 0.305 e. The van der Waals surface area contributed by atoms with Crippen LogP contribution < -0.4 is 0 Å². The van der Waals surface area contributed by atoms with Crippen LogP contribution in [0.3, 0.4) is 0 Å². The van der Waals surface area contributed by atoms with E-state index in [4.69, 9.17) is 5.11 Å². The molecule has 7 heteroatoms. The van der Waals surface area contributed by atoms with Crippen molar-refractivity contribution in [2.24, 2.45) is 0 Å². The summed E-state index contributed by atoms with van der Waals surface area (Å²) in [5, 5.41) is 11.4. The minimum atomic E-state index is -2.90. The fraction of sp³-hybridized carbons (Fsp3) is 0.429. The van der Waals surface area contributed by atoms with Crippen molar-refractivity contribution in [3.8, 4) is 0 Å². The molecule has 1 atom stereocenters. The molecule has 0 saturated heterocycles. The van der Waals surface area contributed by atoms with Gasteiger partial charge in [0.15, 0.2) is 0 Å². The van der Waals surface area contributed by atoms with E-state index in [1.54, 1.807) is 0 Å². The maximum absolute atomic E-state index is 12.4. The molecule has 0 amide bonds. The molecule has 1 N–H and O–H groups in total. The van der Waals surface area contributed by atoms with Crippen LogP contribution >= 0.6 is 0 Å². The van der Waals surface area contributed by atoms with E-state index >= 15 is 0 Å². The zero-order valence-electron chi connectivity index (χ0n) is 6.90. The third kappa shape index (κ3) is 2.48. The number of aliphatic carboxylic acids is 1. The maximum atomic E-state index is 12.4. The molecule has 0 aromatic carbocycles. The fourth-order valence-corrected chi connectivity index (χ4v) is 0.977. The average Bonchev–Trinajstić information content (AvgIpc) is 2.46. The van der Waals surface area contributed by atoms with Crippen molar-refractivity contribution in [3.05, 3.63) is 18.2 Å². The van der Waals surface area contributed by atoms with Gasteiger partial charge in [-0.2, -0.15) is 4.39 Å². The van der Waals surface area contributed by atoms with Crippen LogP contribution in [0.2, 0.25) is 0 Å². The lowest BCUT2D eigenvalue weighted by molar-refractivity contribution is -0.139. The summed E-state index contributed by atoms with van der Waals surface area (Å²) in [5.74, 6) is -2.30. The molecule has 0 bridgehead atoms. The first kappa shape index (κ1) is 10.6. The summed E-state index contributed by atoms with van der Waals surface area (Å²) in [7, 11) is 0. The second-order valence-electron chi connectivity index (χ2n) is 2.62. The third-order valence-electron chi connectivity index (χ3n) is 1.59. The summed E-state index contributed by atoms with van der Waals surface area (Å²) >= 11 is 0. The Labute approximate surface area is 77.0 Å². The molecular weight excluding hydrogens is 201 g/mol. The molecule has 14 heavy (non-hydrogen) atoms. The highest BCUT2D eigenvalue weighted by atomic mass is 19.3. The molecule has 1 aromatic rings. The van der Waals surface area contributed by atoms with Crippen molar-refractivity contribution < 1.29 is 23.1 Å². The number of rotatable bonds is 4. The first-order chi connectivity index (χ1) is 6.50. The third-order valence-corrected chi connectivity index (χ3v) is 1.59. The van der Waals surface area contributed by atoms with Gasteiger partial charge in [0.2, 0.25) is 5.95 Å². The van der Waals surface area contributed by atoms with Crippen molar-refractivity contribution in [2.45, 2.75) is 18.9 Å². The van der Waals surface area contributed by atoms with Gasteiger partial charge in [-0.3, -0.25) is 9.48 Å². The first-order valence-corrected chi connectivity index (χ1v) is 3.71. The second kappa shape index (κ2) is 4.12. The molecule has 0 aliphatic rings. The van der Waals surface area contributed by atoms with Gasteiger partial charge in [-0.1, -0.05) is 0 Å². The Hall–Kier alpha value is -1.53.